The number of halogens is 1. The average Bonchev–Trinajstić information content (AvgIpc) is 3.10. The fraction of sp³-hybridized carbons (Fsp3) is 0.538. The Labute approximate surface area is 111 Å². The molecule has 4 nitrogen and oxygen atoms in total. The SMILES string of the molecule is CCS(=O)(=O)[C@@H]1[C@H](c2ccc(F)cc2)C1(CO)CO. The molecule has 2 N–H and O–H groups in total. The van der Waals surface area contributed by atoms with Gasteiger partial charge in [0.25, 0.3) is 0 Å². The Morgan fingerprint density at radius 2 is 1.74 bits per heavy atom. The van der Waals surface area contributed by atoms with E-state index in [1.54, 1.807) is 0 Å². The van der Waals surface area contributed by atoms with Crippen molar-refractivity contribution in [1.29, 1.82) is 0 Å². The average molecular weight is 288 g/mol. The van der Waals surface area contributed by atoms with E-state index in [1.165, 1.54) is 31.2 Å². The van der Waals surface area contributed by atoms with E-state index in [4.69, 9.17) is 0 Å². The highest BCUT2D eigenvalue weighted by atomic mass is 32.2. The van der Waals surface area contributed by atoms with Gasteiger partial charge in [-0.2, -0.15) is 0 Å². The Balaban J connectivity index is 2.42. The summed E-state index contributed by atoms with van der Waals surface area (Å²) in [6.45, 7) is 0.722. The zero-order chi connectivity index (χ0) is 14.3. The first kappa shape index (κ1) is 14.4. The van der Waals surface area contributed by atoms with Gasteiger partial charge in [-0.05, 0) is 17.7 Å². The van der Waals surface area contributed by atoms with Crippen LogP contribution in [0.2, 0.25) is 0 Å². The first-order valence-corrected chi connectivity index (χ1v) is 7.83. The maximum Gasteiger partial charge on any atom is 0.154 e. The van der Waals surface area contributed by atoms with Crippen LogP contribution < -0.4 is 0 Å². The standard InChI is InChI=1S/C13H17FO4S/c1-2-19(17,18)12-11(13(12,7-15)8-16)9-3-5-10(14)6-4-9/h3-6,11-12,15-16H,2,7-8H2,1H3/t11-,12+/m0/s1. The van der Waals surface area contributed by atoms with Crippen molar-refractivity contribution in [3.8, 4) is 0 Å². The van der Waals surface area contributed by atoms with E-state index >= 15 is 0 Å². The van der Waals surface area contributed by atoms with Crippen LogP contribution in [0.3, 0.4) is 0 Å². The van der Waals surface area contributed by atoms with Gasteiger partial charge in [-0.15, -0.1) is 0 Å². The van der Waals surface area contributed by atoms with Crippen molar-refractivity contribution in [3.63, 3.8) is 0 Å². The molecule has 6 heteroatoms. The molecule has 0 heterocycles. The summed E-state index contributed by atoms with van der Waals surface area (Å²) in [6.07, 6.45) is 0. The number of aliphatic hydroxyl groups excluding tert-OH is 2. The Morgan fingerprint density at radius 1 is 1.21 bits per heavy atom. The predicted molar refractivity (Wildman–Crippen MR) is 69.0 cm³/mol. The van der Waals surface area contributed by atoms with E-state index in [2.05, 4.69) is 0 Å². The number of aliphatic hydroxyl groups is 2. The van der Waals surface area contributed by atoms with Gasteiger partial charge in [0.15, 0.2) is 9.84 Å². The number of hydrogen-bond donors (Lipinski definition) is 2. The summed E-state index contributed by atoms with van der Waals surface area (Å²) >= 11 is 0. The summed E-state index contributed by atoms with van der Waals surface area (Å²) < 4.78 is 37.0. The van der Waals surface area contributed by atoms with E-state index in [0.29, 0.717) is 5.56 Å². The van der Waals surface area contributed by atoms with E-state index in [1.807, 2.05) is 0 Å². The van der Waals surface area contributed by atoms with Gasteiger partial charge < -0.3 is 10.2 Å². The van der Waals surface area contributed by atoms with E-state index in [9.17, 15) is 23.0 Å². The van der Waals surface area contributed by atoms with Crippen LogP contribution in [0.5, 0.6) is 0 Å². The van der Waals surface area contributed by atoms with Crippen LogP contribution in [0.4, 0.5) is 4.39 Å². The van der Waals surface area contributed by atoms with Crippen LogP contribution in [0.1, 0.15) is 18.4 Å². The Morgan fingerprint density at radius 3 is 2.16 bits per heavy atom. The van der Waals surface area contributed by atoms with Gasteiger partial charge in [-0.25, -0.2) is 12.8 Å². The van der Waals surface area contributed by atoms with Gasteiger partial charge in [-0.3, -0.25) is 0 Å². The fourth-order valence-electron chi connectivity index (χ4n) is 2.80. The number of hydrogen-bond acceptors (Lipinski definition) is 4. The molecule has 1 aliphatic carbocycles. The highest BCUT2D eigenvalue weighted by molar-refractivity contribution is 7.92. The molecule has 2 atom stereocenters. The van der Waals surface area contributed by atoms with Crippen LogP contribution in [-0.4, -0.2) is 42.8 Å². The maximum absolute atomic E-state index is 12.9. The van der Waals surface area contributed by atoms with Gasteiger partial charge in [-0.1, -0.05) is 19.1 Å². The Bertz CT molecular complexity index is 549. The zero-order valence-electron chi connectivity index (χ0n) is 10.6. The minimum absolute atomic E-state index is 0.0445. The highest BCUT2D eigenvalue weighted by Gasteiger charge is 2.69. The highest BCUT2D eigenvalue weighted by Crippen LogP contribution is 2.62. The van der Waals surface area contributed by atoms with Crippen molar-refractivity contribution < 1.29 is 23.0 Å². The summed E-state index contributed by atoms with van der Waals surface area (Å²) in [5, 5.41) is 18.1. The summed E-state index contributed by atoms with van der Waals surface area (Å²) in [6, 6.07) is 5.52. The molecule has 1 aromatic rings. The second kappa shape index (κ2) is 4.85. The minimum atomic E-state index is -3.38. The van der Waals surface area contributed by atoms with Crippen LogP contribution in [-0.2, 0) is 9.84 Å². The van der Waals surface area contributed by atoms with Crippen molar-refractivity contribution in [2.75, 3.05) is 19.0 Å². The fourth-order valence-corrected chi connectivity index (χ4v) is 4.94. The third-order valence-corrected chi connectivity index (χ3v) is 6.31. The molecule has 0 amide bonds. The van der Waals surface area contributed by atoms with E-state index in [-0.39, 0.29) is 5.75 Å². The number of benzene rings is 1. The molecule has 1 saturated carbocycles. The summed E-state index contributed by atoms with van der Waals surface area (Å²) in [5.41, 5.74) is -0.418. The molecule has 1 fully saturated rings. The molecule has 0 aromatic heterocycles. The van der Waals surface area contributed by atoms with E-state index in [0.717, 1.165) is 0 Å². The molecule has 1 aromatic carbocycles. The van der Waals surface area contributed by atoms with Crippen molar-refractivity contribution >= 4 is 9.84 Å². The third kappa shape index (κ3) is 2.17. The van der Waals surface area contributed by atoms with Crippen molar-refractivity contribution in [3.05, 3.63) is 35.6 Å². The maximum atomic E-state index is 12.9. The molecule has 106 valence electrons. The van der Waals surface area contributed by atoms with Crippen LogP contribution in [0, 0.1) is 11.2 Å². The quantitative estimate of drug-likeness (QED) is 0.836. The van der Waals surface area contributed by atoms with Gasteiger partial charge in [0, 0.05) is 17.1 Å². The van der Waals surface area contributed by atoms with Crippen molar-refractivity contribution in [1.82, 2.24) is 0 Å². The molecule has 0 spiro atoms. The minimum Gasteiger partial charge on any atom is -0.396 e. The van der Waals surface area contributed by atoms with Gasteiger partial charge >= 0.3 is 0 Å². The lowest BCUT2D eigenvalue weighted by molar-refractivity contribution is 0.130. The lowest BCUT2D eigenvalue weighted by Crippen LogP contribution is -2.23. The molecular formula is C13H17FO4S. The largest absolute Gasteiger partial charge is 0.396 e. The van der Waals surface area contributed by atoms with Crippen molar-refractivity contribution in [2.24, 2.45) is 5.41 Å². The molecule has 2 rings (SSSR count). The predicted octanol–water partition coefficient (Wildman–Crippen LogP) is 0.697. The monoisotopic (exact) mass is 288 g/mol. The first-order chi connectivity index (χ1) is 8.93. The molecule has 0 unspecified atom stereocenters. The lowest BCUT2D eigenvalue weighted by Gasteiger charge is -2.10. The smallest absolute Gasteiger partial charge is 0.154 e. The Kier molecular flexibility index (Phi) is 3.68. The van der Waals surface area contributed by atoms with E-state index < -0.39 is 45.5 Å². The van der Waals surface area contributed by atoms with Crippen LogP contribution in [0.15, 0.2) is 24.3 Å². The second-order valence-electron chi connectivity index (χ2n) is 4.95. The molecule has 1 aliphatic rings. The summed E-state index contributed by atoms with van der Waals surface area (Å²) in [5.74, 6) is -0.928. The molecule has 0 bridgehead atoms. The first-order valence-electron chi connectivity index (χ1n) is 6.11. The third-order valence-electron chi connectivity index (χ3n) is 3.99. The topological polar surface area (TPSA) is 74.6 Å². The number of rotatable bonds is 5. The van der Waals surface area contributed by atoms with Crippen molar-refractivity contribution in [2.45, 2.75) is 18.1 Å². The van der Waals surface area contributed by atoms with Gasteiger partial charge in [0.2, 0.25) is 0 Å². The normalized spacial score (nSPS) is 25.3. The zero-order valence-corrected chi connectivity index (χ0v) is 11.4. The molecule has 0 aliphatic heterocycles. The molecule has 0 radical (unpaired) electrons. The molecular weight excluding hydrogens is 271 g/mol. The summed E-state index contributed by atoms with van der Waals surface area (Å²) in [4.78, 5) is 0. The molecule has 0 saturated heterocycles. The summed E-state index contributed by atoms with van der Waals surface area (Å²) in [7, 11) is -3.38. The second-order valence-corrected chi connectivity index (χ2v) is 7.36. The Hall–Kier alpha value is -0.980. The van der Waals surface area contributed by atoms with Crippen LogP contribution >= 0.6 is 0 Å². The van der Waals surface area contributed by atoms with Crippen LogP contribution in [0.25, 0.3) is 0 Å². The number of sulfone groups is 1. The molecule has 19 heavy (non-hydrogen) atoms. The van der Waals surface area contributed by atoms with Gasteiger partial charge in [0.1, 0.15) is 5.82 Å². The van der Waals surface area contributed by atoms with Gasteiger partial charge in [0.05, 0.1) is 18.5 Å². The lowest BCUT2D eigenvalue weighted by atomic mass is 10.0.